The Morgan fingerprint density at radius 3 is 1.78 bits per heavy atom. The molecule has 0 aliphatic carbocycles. The first kappa shape index (κ1) is 33.2. The van der Waals surface area contributed by atoms with Crippen LogP contribution in [0, 0.1) is 13.8 Å². The van der Waals surface area contributed by atoms with E-state index in [2.05, 4.69) is 142 Å². The van der Waals surface area contributed by atoms with Crippen LogP contribution in [-0.2, 0) is 7.05 Å². The summed E-state index contributed by atoms with van der Waals surface area (Å²) in [7, 11) is 2.13. The summed E-state index contributed by atoms with van der Waals surface area (Å²) in [6.45, 7) is 8.67. The second kappa shape index (κ2) is 14.2. The zero-order valence-electron chi connectivity index (χ0n) is 37.2. The van der Waals surface area contributed by atoms with Crippen LogP contribution in [-0.4, -0.2) is 14.5 Å². The van der Waals surface area contributed by atoms with E-state index in [9.17, 15) is 0 Å². The molecular weight excluding hydrogens is 721 g/mol. The molecule has 3 heterocycles. The number of benzene rings is 7. The van der Waals surface area contributed by atoms with Crippen LogP contribution >= 0.6 is 0 Å². The van der Waals surface area contributed by atoms with Crippen molar-refractivity contribution in [1.82, 2.24) is 14.5 Å². The second-order valence-corrected chi connectivity index (χ2v) is 16.3. The number of rotatable bonds is 7. The van der Waals surface area contributed by atoms with Crippen molar-refractivity contribution < 1.29 is 13.1 Å². The van der Waals surface area contributed by atoms with Gasteiger partial charge in [0.05, 0.1) is 7.05 Å². The van der Waals surface area contributed by atoms with E-state index >= 15 is 0 Å². The summed E-state index contributed by atoms with van der Waals surface area (Å²) in [4.78, 5) is 9.86. The zero-order chi connectivity index (χ0) is 43.0. The van der Waals surface area contributed by atoms with Crippen molar-refractivity contribution in [2.75, 3.05) is 0 Å². The van der Waals surface area contributed by atoms with E-state index in [1.807, 2.05) is 54.6 Å². The maximum Gasteiger partial charge on any atom is 0.299 e. The van der Waals surface area contributed by atoms with E-state index < -0.39 is 6.85 Å². The lowest BCUT2D eigenvalue weighted by atomic mass is 9.92. The van der Waals surface area contributed by atoms with Crippen molar-refractivity contribution in [3.63, 3.8) is 0 Å². The van der Waals surface area contributed by atoms with E-state index in [0.717, 1.165) is 61.0 Å². The summed E-state index contributed by atoms with van der Waals surface area (Å²) in [6.07, 6.45) is 0. The molecule has 0 spiro atoms. The van der Waals surface area contributed by atoms with Crippen LogP contribution in [0.3, 0.4) is 0 Å². The first-order chi connectivity index (χ1) is 29.9. The standard InChI is InChI=1S/C54H47N4O/c1-32(2)41-16-13-17-42(33(3)4)50(41)58-47-19-12-11-18-46(47)57(7)54(58)48-34(5)20-29-44-45-31-30-43-35(6)55-53(56-49(43)52(45)59-51(44)48)40-27-25-39(26-28-40)38-23-21-37(22-24-38)36-14-9-8-10-15-36/h8-33H,1-7H3/q+1/i6D3. The Morgan fingerprint density at radius 1 is 0.576 bits per heavy atom. The molecule has 288 valence electrons. The summed E-state index contributed by atoms with van der Waals surface area (Å²) in [5.41, 5.74) is 14.8. The quantitative estimate of drug-likeness (QED) is 0.152. The van der Waals surface area contributed by atoms with E-state index in [4.69, 9.17) is 18.5 Å². The van der Waals surface area contributed by atoms with Gasteiger partial charge in [0.2, 0.25) is 0 Å². The smallest absolute Gasteiger partial charge is 0.299 e. The lowest BCUT2D eigenvalue weighted by Gasteiger charge is -2.18. The largest absolute Gasteiger partial charge is 0.453 e. The molecule has 0 saturated carbocycles. The number of hydrogen-bond donors (Lipinski definition) is 0. The zero-order valence-corrected chi connectivity index (χ0v) is 34.2. The van der Waals surface area contributed by atoms with Gasteiger partial charge in [0, 0.05) is 42.7 Å². The Hall–Kier alpha value is -6.85. The van der Waals surface area contributed by atoms with Gasteiger partial charge in [-0.25, -0.2) is 14.5 Å². The van der Waals surface area contributed by atoms with Crippen LogP contribution in [0.1, 0.15) is 66.0 Å². The molecule has 10 aromatic rings. The third-order valence-electron chi connectivity index (χ3n) is 12.0. The number of para-hydroxylation sites is 3. The van der Waals surface area contributed by atoms with Crippen molar-refractivity contribution in [2.45, 2.75) is 53.3 Å². The Kier molecular flexibility index (Phi) is 7.98. The maximum absolute atomic E-state index is 8.61. The fourth-order valence-corrected chi connectivity index (χ4v) is 8.88. The number of aromatic nitrogens is 4. The van der Waals surface area contributed by atoms with Crippen LogP contribution in [0.5, 0.6) is 0 Å². The van der Waals surface area contributed by atoms with Crippen molar-refractivity contribution in [2.24, 2.45) is 7.05 Å². The molecule has 0 aliphatic rings. The van der Waals surface area contributed by atoms with Gasteiger partial charge in [-0.05, 0) is 71.6 Å². The van der Waals surface area contributed by atoms with E-state index in [1.165, 1.54) is 22.4 Å². The number of nitrogens with zero attached hydrogens (tertiary/aromatic N) is 4. The van der Waals surface area contributed by atoms with Gasteiger partial charge in [-0.3, -0.25) is 0 Å². The SMILES string of the molecule is [2H]C([2H])([2H])c1nc(-c2ccc(-c3ccc(-c4ccccc4)cc3)cc2)nc2c1ccc1c3ccc(C)c(-c4n(-c5c(C(C)C)cccc5C(C)C)c5ccccc5[n+]4C)c3oc12. The molecule has 0 radical (unpaired) electrons. The minimum atomic E-state index is -2.50. The highest BCUT2D eigenvalue weighted by Crippen LogP contribution is 2.43. The molecule has 0 fully saturated rings. The highest BCUT2D eigenvalue weighted by atomic mass is 16.3. The maximum atomic E-state index is 8.61. The predicted octanol–water partition coefficient (Wildman–Crippen LogP) is 13.8. The minimum Gasteiger partial charge on any atom is -0.453 e. The van der Waals surface area contributed by atoms with Crippen molar-refractivity contribution in [1.29, 1.82) is 0 Å². The monoisotopic (exact) mass is 770 g/mol. The molecule has 0 unspecified atom stereocenters. The molecule has 7 aromatic carbocycles. The van der Waals surface area contributed by atoms with Gasteiger partial charge in [-0.15, -0.1) is 0 Å². The van der Waals surface area contributed by atoms with Gasteiger partial charge in [0.1, 0.15) is 16.8 Å². The highest BCUT2D eigenvalue weighted by molar-refractivity contribution is 6.16. The van der Waals surface area contributed by atoms with Gasteiger partial charge >= 0.3 is 0 Å². The fraction of sp³-hybridized carbons (Fsp3) is 0.167. The Balaban J connectivity index is 1.18. The lowest BCUT2D eigenvalue weighted by molar-refractivity contribution is -0.633. The molecule has 0 atom stereocenters. The van der Waals surface area contributed by atoms with Crippen LogP contribution in [0.2, 0.25) is 0 Å². The molecule has 0 bridgehead atoms. The molecule has 10 rings (SSSR count). The first-order valence-corrected chi connectivity index (χ1v) is 20.5. The van der Waals surface area contributed by atoms with Gasteiger partial charge in [0.25, 0.3) is 5.82 Å². The predicted molar refractivity (Wildman–Crippen MR) is 244 cm³/mol. The lowest BCUT2D eigenvalue weighted by Crippen LogP contribution is -2.30. The van der Waals surface area contributed by atoms with E-state index in [0.29, 0.717) is 27.9 Å². The molecular formula is C54H47N4O+. The van der Waals surface area contributed by atoms with Crippen molar-refractivity contribution in [3.8, 4) is 50.7 Å². The normalized spacial score (nSPS) is 12.9. The average molecular weight is 771 g/mol. The molecule has 0 saturated heterocycles. The molecule has 5 heteroatoms. The summed E-state index contributed by atoms with van der Waals surface area (Å²) >= 11 is 0. The summed E-state index contributed by atoms with van der Waals surface area (Å²) in [5.74, 6) is 1.89. The first-order valence-electron chi connectivity index (χ1n) is 22.0. The van der Waals surface area contributed by atoms with Gasteiger partial charge in [-0.1, -0.05) is 155 Å². The summed E-state index contributed by atoms with van der Waals surface area (Å²) in [6, 6.07) is 50.1. The Morgan fingerprint density at radius 2 is 1.14 bits per heavy atom. The van der Waals surface area contributed by atoms with E-state index in [-0.39, 0.29) is 17.5 Å². The van der Waals surface area contributed by atoms with E-state index in [1.54, 1.807) is 0 Å². The van der Waals surface area contributed by atoms with Gasteiger partial charge in [-0.2, -0.15) is 4.57 Å². The molecule has 59 heavy (non-hydrogen) atoms. The van der Waals surface area contributed by atoms with Crippen LogP contribution in [0.15, 0.2) is 150 Å². The molecule has 0 amide bonds. The van der Waals surface area contributed by atoms with Gasteiger partial charge < -0.3 is 4.42 Å². The van der Waals surface area contributed by atoms with Gasteiger partial charge in [0.15, 0.2) is 28.0 Å². The third kappa shape index (κ3) is 5.95. The fourth-order valence-electron chi connectivity index (χ4n) is 8.88. The average Bonchev–Trinajstić information content (AvgIpc) is 3.80. The molecule has 0 N–H and O–H groups in total. The van der Waals surface area contributed by atoms with Crippen LogP contribution in [0.4, 0.5) is 0 Å². The Bertz CT molecular complexity index is 3320. The topological polar surface area (TPSA) is 47.7 Å². The molecule has 3 aromatic heterocycles. The minimum absolute atomic E-state index is 0.00475. The van der Waals surface area contributed by atoms with Crippen molar-refractivity contribution in [3.05, 3.63) is 168 Å². The number of fused-ring (bicyclic) bond motifs is 6. The second-order valence-electron chi connectivity index (χ2n) is 16.3. The number of aryl methyl sites for hydroxylation is 3. The number of hydrogen-bond acceptors (Lipinski definition) is 3. The van der Waals surface area contributed by atoms with Crippen LogP contribution < -0.4 is 4.57 Å². The van der Waals surface area contributed by atoms with Crippen LogP contribution in [0.25, 0.3) is 94.6 Å². The number of furan rings is 1. The molecule has 5 nitrogen and oxygen atoms in total. The van der Waals surface area contributed by atoms with Crippen molar-refractivity contribution >= 4 is 43.9 Å². The summed E-state index contributed by atoms with van der Waals surface area (Å²) < 4.78 is 37.7. The molecule has 0 aliphatic heterocycles. The highest BCUT2D eigenvalue weighted by Gasteiger charge is 2.33. The Labute approximate surface area is 349 Å². The third-order valence-corrected chi connectivity index (χ3v) is 12.0. The summed E-state index contributed by atoms with van der Waals surface area (Å²) in [5, 5.41) is 2.24. The number of imidazole rings is 1.